The summed E-state index contributed by atoms with van der Waals surface area (Å²) in [5.74, 6) is -2.01. The number of ether oxygens (including phenoxy) is 1. The minimum absolute atomic E-state index is 0.0374. The molecule has 1 aliphatic carbocycles. The molecule has 33 heavy (non-hydrogen) atoms. The summed E-state index contributed by atoms with van der Waals surface area (Å²) in [4.78, 5) is 37.8. The molecule has 1 heterocycles. The van der Waals surface area contributed by atoms with Crippen LogP contribution >= 0.6 is 0 Å². The van der Waals surface area contributed by atoms with Gasteiger partial charge in [-0.15, -0.1) is 0 Å². The molecule has 9 nitrogen and oxygen atoms in total. The van der Waals surface area contributed by atoms with Crippen molar-refractivity contribution in [2.75, 3.05) is 32.9 Å². The number of aliphatic hydroxyl groups is 2. The van der Waals surface area contributed by atoms with Crippen LogP contribution in [0.3, 0.4) is 0 Å². The minimum Gasteiger partial charge on any atom is -0.481 e. The Balaban J connectivity index is 1.40. The van der Waals surface area contributed by atoms with E-state index >= 15 is 0 Å². The Hall–Kier alpha value is -3.43. The number of carboxylic acids is 1. The van der Waals surface area contributed by atoms with Crippen LogP contribution in [0.25, 0.3) is 11.1 Å². The zero-order valence-electron chi connectivity index (χ0n) is 17.9. The second kappa shape index (κ2) is 9.21. The molecule has 4 N–H and O–H groups in total. The van der Waals surface area contributed by atoms with Gasteiger partial charge in [-0.25, -0.2) is 4.79 Å². The average molecular weight is 454 g/mol. The van der Waals surface area contributed by atoms with Crippen molar-refractivity contribution >= 4 is 18.0 Å². The third-order valence-corrected chi connectivity index (χ3v) is 6.35. The van der Waals surface area contributed by atoms with E-state index < -0.39 is 35.8 Å². The van der Waals surface area contributed by atoms with Gasteiger partial charge < -0.3 is 30.3 Å². The Morgan fingerprint density at radius 2 is 1.55 bits per heavy atom. The number of nitrogens with one attached hydrogen (secondary N) is 1. The zero-order chi connectivity index (χ0) is 23.6. The van der Waals surface area contributed by atoms with Crippen molar-refractivity contribution in [3.05, 3.63) is 59.7 Å². The molecule has 1 unspecified atom stereocenters. The van der Waals surface area contributed by atoms with Crippen LogP contribution in [0.15, 0.2) is 48.5 Å². The first-order chi connectivity index (χ1) is 15.9. The molecule has 1 atom stereocenters. The van der Waals surface area contributed by atoms with Gasteiger partial charge in [0.15, 0.2) is 0 Å². The standard InChI is InChI=1S/C24H26N2O7/c27-13-24(14-28)11-26(12-24)22(31)20(9-21(29)30)25-23(32)33-10-19-17-7-3-1-5-15(17)16-6-2-4-8-18(16)19/h1-8,19-20,27-28H,9-14H2,(H,25,32)(H,29,30). The van der Waals surface area contributed by atoms with Crippen LogP contribution in [0.2, 0.25) is 0 Å². The Bertz CT molecular complexity index is 1010. The number of carboxylic acid groups (broad SMARTS) is 1. The largest absolute Gasteiger partial charge is 0.481 e. The maximum Gasteiger partial charge on any atom is 0.407 e. The van der Waals surface area contributed by atoms with E-state index in [1.54, 1.807) is 0 Å². The molecule has 2 aliphatic rings. The number of aliphatic carboxylic acids is 1. The molecular formula is C24H26N2O7. The fourth-order valence-corrected chi connectivity index (χ4v) is 4.55. The van der Waals surface area contributed by atoms with Gasteiger partial charge in [-0.3, -0.25) is 9.59 Å². The van der Waals surface area contributed by atoms with E-state index in [-0.39, 0.29) is 38.8 Å². The molecule has 174 valence electrons. The zero-order valence-corrected chi connectivity index (χ0v) is 17.9. The van der Waals surface area contributed by atoms with Crippen molar-refractivity contribution in [2.24, 2.45) is 5.41 Å². The number of carbonyl (C=O) groups is 3. The van der Waals surface area contributed by atoms with E-state index in [1.165, 1.54) is 4.90 Å². The van der Waals surface area contributed by atoms with Crippen LogP contribution in [0.1, 0.15) is 23.5 Å². The normalized spacial score (nSPS) is 16.8. The second-order valence-corrected chi connectivity index (χ2v) is 8.63. The maximum atomic E-state index is 12.7. The lowest BCUT2D eigenvalue weighted by Crippen LogP contribution is -2.65. The number of benzene rings is 2. The van der Waals surface area contributed by atoms with Gasteiger partial charge in [-0.1, -0.05) is 48.5 Å². The molecule has 4 rings (SSSR count). The van der Waals surface area contributed by atoms with Crippen LogP contribution in [0, 0.1) is 5.41 Å². The number of likely N-dealkylation sites (tertiary alicyclic amines) is 1. The molecule has 9 heteroatoms. The average Bonchev–Trinajstić information content (AvgIpc) is 3.10. The van der Waals surface area contributed by atoms with Gasteiger partial charge in [0.25, 0.3) is 0 Å². The molecule has 0 aromatic heterocycles. The molecule has 1 aliphatic heterocycles. The van der Waals surface area contributed by atoms with E-state index in [0.29, 0.717) is 0 Å². The Morgan fingerprint density at radius 3 is 2.06 bits per heavy atom. The van der Waals surface area contributed by atoms with E-state index in [1.807, 2.05) is 48.5 Å². The van der Waals surface area contributed by atoms with Crippen LogP contribution < -0.4 is 5.32 Å². The summed E-state index contributed by atoms with van der Waals surface area (Å²) in [7, 11) is 0. The fraction of sp³-hybridized carbons (Fsp3) is 0.375. The smallest absolute Gasteiger partial charge is 0.407 e. The third-order valence-electron chi connectivity index (χ3n) is 6.35. The molecule has 0 radical (unpaired) electrons. The van der Waals surface area contributed by atoms with Gasteiger partial charge in [-0.05, 0) is 22.3 Å². The molecule has 1 fully saturated rings. The molecule has 2 aromatic carbocycles. The van der Waals surface area contributed by atoms with Crippen molar-refractivity contribution in [3.63, 3.8) is 0 Å². The lowest BCUT2D eigenvalue weighted by atomic mass is 9.81. The van der Waals surface area contributed by atoms with E-state index in [0.717, 1.165) is 22.3 Å². The first kappa shape index (κ1) is 22.8. The van der Waals surface area contributed by atoms with Gasteiger partial charge >= 0.3 is 12.1 Å². The van der Waals surface area contributed by atoms with Crippen molar-refractivity contribution in [1.29, 1.82) is 0 Å². The topological polar surface area (TPSA) is 136 Å². The van der Waals surface area contributed by atoms with E-state index in [2.05, 4.69) is 5.32 Å². The number of fused-ring (bicyclic) bond motifs is 3. The number of nitrogens with zero attached hydrogens (tertiary/aromatic N) is 1. The first-order valence-corrected chi connectivity index (χ1v) is 10.7. The summed E-state index contributed by atoms with van der Waals surface area (Å²) in [6.07, 6.45) is -1.49. The predicted octanol–water partition coefficient (Wildman–Crippen LogP) is 1.18. The molecule has 1 saturated heterocycles. The summed E-state index contributed by atoms with van der Waals surface area (Å²) < 4.78 is 5.42. The molecule has 0 saturated carbocycles. The molecule has 0 spiro atoms. The molecule has 0 bridgehead atoms. The number of amides is 2. The first-order valence-electron chi connectivity index (χ1n) is 10.7. The summed E-state index contributed by atoms with van der Waals surface area (Å²) >= 11 is 0. The minimum atomic E-state index is -1.31. The number of hydrogen-bond donors (Lipinski definition) is 4. The molecule has 2 amide bonds. The van der Waals surface area contributed by atoms with Crippen LogP contribution in [0.5, 0.6) is 0 Å². The number of carbonyl (C=O) groups excluding carboxylic acids is 2. The van der Waals surface area contributed by atoms with Gasteiger partial charge in [-0.2, -0.15) is 0 Å². The fourth-order valence-electron chi connectivity index (χ4n) is 4.55. The SMILES string of the molecule is O=C(O)CC(NC(=O)OCC1c2ccccc2-c2ccccc21)C(=O)N1CC(CO)(CO)C1. The Morgan fingerprint density at radius 1 is 1.00 bits per heavy atom. The quantitative estimate of drug-likeness (QED) is 0.470. The number of rotatable bonds is 8. The monoisotopic (exact) mass is 454 g/mol. The van der Waals surface area contributed by atoms with E-state index in [9.17, 15) is 29.7 Å². The van der Waals surface area contributed by atoms with Gasteiger partial charge in [0.2, 0.25) is 5.91 Å². The highest BCUT2D eigenvalue weighted by Crippen LogP contribution is 2.44. The van der Waals surface area contributed by atoms with Crippen LogP contribution in [-0.2, 0) is 14.3 Å². The maximum absolute atomic E-state index is 12.7. The molecule has 2 aromatic rings. The van der Waals surface area contributed by atoms with Crippen LogP contribution in [0.4, 0.5) is 4.79 Å². The number of aliphatic hydroxyl groups excluding tert-OH is 2. The highest BCUT2D eigenvalue weighted by molar-refractivity contribution is 5.90. The highest BCUT2D eigenvalue weighted by atomic mass is 16.5. The van der Waals surface area contributed by atoms with Crippen molar-refractivity contribution in [1.82, 2.24) is 10.2 Å². The van der Waals surface area contributed by atoms with Crippen molar-refractivity contribution < 1.29 is 34.4 Å². The second-order valence-electron chi connectivity index (χ2n) is 8.63. The summed E-state index contributed by atoms with van der Waals surface area (Å²) in [5, 5.41) is 30.4. The van der Waals surface area contributed by atoms with Gasteiger partial charge in [0.1, 0.15) is 12.6 Å². The van der Waals surface area contributed by atoms with Crippen molar-refractivity contribution in [3.8, 4) is 11.1 Å². The third kappa shape index (κ3) is 4.42. The Kier molecular flexibility index (Phi) is 6.35. The number of alkyl carbamates (subject to hydrolysis) is 1. The number of hydrogen-bond acceptors (Lipinski definition) is 6. The van der Waals surface area contributed by atoms with Crippen LogP contribution in [-0.4, -0.2) is 77.1 Å². The van der Waals surface area contributed by atoms with Gasteiger partial charge in [0.05, 0.1) is 25.0 Å². The summed E-state index contributed by atoms with van der Waals surface area (Å²) in [5.41, 5.74) is 3.43. The highest BCUT2D eigenvalue weighted by Gasteiger charge is 2.46. The van der Waals surface area contributed by atoms with Gasteiger partial charge in [0, 0.05) is 19.0 Å². The van der Waals surface area contributed by atoms with Crippen molar-refractivity contribution in [2.45, 2.75) is 18.4 Å². The van der Waals surface area contributed by atoms with E-state index in [4.69, 9.17) is 4.74 Å². The summed E-state index contributed by atoms with van der Waals surface area (Å²) in [6.45, 7) is -0.383. The lowest BCUT2D eigenvalue weighted by molar-refractivity contribution is -0.154. The molecular weight excluding hydrogens is 428 g/mol. The predicted molar refractivity (Wildman–Crippen MR) is 117 cm³/mol. The lowest BCUT2D eigenvalue weighted by Gasteiger charge is -2.49. The Labute approximate surface area is 190 Å². The summed E-state index contributed by atoms with van der Waals surface area (Å²) in [6, 6.07) is 14.4.